The summed E-state index contributed by atoms with van der Waals surface area (Å²) in [7, 11) is 0. The predicted molar refractivity (Wildman–Crippen MR) is 95.9 cm³/mol. The van der Waals surface area contributed by atoms with Gasteiger partial charge in [0.05, 0.1) is 19.4 Å². The van der Waals surface area contributed by atoms with E-state index in [1.54, 1.807) is 24.5 Å². The van der Waals surface area contributed by atoms with Gasteiger partial charge in [-0.1, -0.05) is 18.2 Å². The summed E-state index contributed by atoms with van der Waals surface area (Å²) in [5.74, 6) is -0.352. The molecule has 0 saturated carbocycles. The number of pyridine rings is 1. The third-order valence-corrected chi connectivity index (χ3v) is 3.89. The van der Waals surface area contributed by atoms with Crippen molar-refractivity contribution < 1.29 is 9.53 Å². The van der Waals surface area contributed by atoms with Gasteiger partial charge in [-0.25, -0.2) is 5.43 Å². The second-order valence-electron chi connectivity index (χ2n) is 5.65. The maximum absolute atomic E-state index is 11.8. The van der Waals surface area contributed by atoms with Crippen LogP contribution < -0.4 is 15.9 Å². The average molecular weight is 340 g/mol. The van der Waals surface area contributed by atoms with Crippen LogP contribution >= 0.6 is 0 Å². The van der Waals surface area contributed by atoms with Crippen LogP contribution in [0.15, 0.2) is 58.6 Å². The van der Waals surface area contributed by atoms with Crippen LogP contribution in [-0.2, 0) is 16.1 Å². The lowest BCUT2D eigenvalue weighted by molar-refractivity contribution is -0.121. The zero-order chi connectivity index (χ0) is 17.5. The summed E-state index contributed by atoms with van der Waals surface area (Å²) in [4.78, 5) is 25.6. The van der Waals surface area contributed by atoms with Gasteiger partial charge in [-0.3, -0.25) is 9.59 Å². The van der Waals surface area contributed by atoms with Crippen LogP contribution in [0.1, 0.15) is 5.56 Å². The number of hydrazone groups is 1. The van der Waals surface area contributed by atoms with Gasteiger partial charge in [-0.05, 0) is 23.8 Å². The molecule has 0 unspecified atom stereocenters. The highest BCUT2D eigenvalue weighted by Gasteiger charge is 2.10. The highest BCUT2D eigenvalue weighted by Crippen LogP contribution is 2.15. The van der Waals surface area contributed by atoms with E-state index in [4.69, 9.17) is 4.74 Å². The van der Waals surface area contributed by atoms with Gasteiger partial charge in [0.1, 0.15) is 6.54 Å². The minimum atomic E-state index is -0.352. The number of anilines is 1. The Labute approximate surface area is 145 Å². The molecule has 1 amide bonds. The van der Waals surface area contributed by atoms with E-state index in [2.05, 4.69) is 15.4 Å². The molecule has 1 fully saturated rings. The third-order valence-electron chi connectivity index (χ3n) is 3.89. The molecule has 7 nitrogen and oxygen atoms in total. The number of morpholine rings is 1. The molecule has 7 heteroatoms. The highest BCUT2D eigenvalue weighted by molar-refractivity contribution is 5.82. The molecular formula is C18H20N4O3. The zero-order valence-corrected chi connectivity index (χ0v) is 13.8. The van der Waals surface area contributed by atoms with Crippen molar-refractivity contribution in [2.75, 3.05) is 31.2 Å². The number of carbonyl (C=O) groups excluding carboxylic acids is 1. The fourth-order valence-electron chi connectivity index (χ4n) is 2.55. The number of aromatic nitrogens is 1. The molecule has 1 aliphatic rings. The third kappa shape index (κ3) is 4.77. The van der Waals surface area contributed by atoms with Gasteiger partial charge >= 0.3 is 0 Å². The Kier molecular flexibility index (Phi) is 5.58. The van der Waals surface area contributed by atoms with Crippen LogP contribution in [-0.4, -0.2) is 43.0 Å². The van der Waals surface area contributed by atoms with Gasteiger partial charge in [0.15, 0.2) is 0 Å². The topological polar surface area (TPSA) is 75.9 Å². The number of hydrogen-bond donors (Lipinski definition) is 1. The smallest absolute Gasteiger partial charge is 0.260 e. The molecule has 130 valence electrons. The van der Waals surface area contributed by atoms with Gasteiger partial charge in [-0.15, -0.1) is 0 Å². The number of amides is 1. The van der Waals surface area contributed by atoms with E-state index in [-0.39, 0.29) is 18.0 Å². The van der Waals surface area contributed by atoms with Crippen molar-refractivity contribution in [1.29, 1.82) is 0 Å². The van der Waals surface area contributed by atoms with Crippen LogP contribution in [0.2, 0.25) is 0 Å². The molecule has 25 heavy (non-hydrogen) atoms. The number of carbonyl (C=O) groups is 1. The summed E-state index contributed by atoms with van der Waals surface area (Å²) in [6.45, 7) is 3.22. The second-order valence-corrected chi connectivity index (χ2v) is 5.65. The Morgan fingerprint density at radius 2 is 1.92 bits per heavy atom. The Morgan fingerprint density at radius 1 is 1.16 bits per heavy atom. The molecule has 0 aliphatic carbocycles. The predicted octanol–water partition coefficient (Wildman–Crippen LogP) is 0.835. The fourth-order valence-corrected chi connectivity index (χ4v) is 2.55. The van der Waals surface area contributed by atoms with Crippen LogP contribution in [0.5, 0.6) is 0 Å². The molecule has 2 aromatic rings. The summed E-state index contributed by atoms with van der Waals surface area (Å²) < 4.78 is 6.67. The molecule has 1 aromatic heterocycles. The first-order valence-corrected chi connectivity index (χ1v) is 8.12. The number of ether oxygens (including phenoxy) is 1. The maximum Gasteiger partial charge on any atom is 0.260 e. The van der Waals surface area contributed by atoms with E-state index >= 15 is 0 Å². The van der Waals surface area contributed by atoms with Crippen LogP contribution in [0, 0.1) is 0 Å². The minimum Gasteiger partial charge on any atom is -0.378 e. The van der Waals surface area contributed by atoms with Crippen LogP contribution in [0.25, 0.3) is 0 Å². The molecule has 1 aromatic carbocycles. The SMILES string of the molecule is O=C(Cn1ccccc1=O)N/N=C\c1ccc(N2CCOCC2)cc1. The normalized spacial score (nSPS) is 14.6. The van der Waals surface area contributed by atoms with E-state index < -0.39 is 0 Å². The summed E-state index contributed by atoms with van der Waals surface area (Å²) in [5, 5.41) is 3.94. The van der Waals surface area contributed by atoms with Crippen molar-refractivity contribution in [2.45, 2.75) is 6.54 Å². The number of rotatable bonds is 5. The van der Waals surface area contributed by atoms with E-state index in [9.17, 15) is 9.59 Å². The second kappa shape index (κ2) is 8.25. The number of nitrogens with zero attached hydrogens (tertiary/aromatic N) is 3. The molecule has 0 spiro atoms. The molecular weight excluding hydrogens is 320 g/mol. The quantitative estimate of drug-likeness (QED) is 0.646. The van der Waals surface area contributed by atoms with Crippen molar-refractivity contribution in [1.82, 2.24) is 9.99 Å². The van der Waals surface area contributed by atoms with Crippen LogP contribution in [0.4, 0.5) is 5.69 Å². The first-order chi connectivity index (χ1) is 12.2. The monoisotopic (exact) mass is 340 g/mol. The van der Waals surface area contributed by atoms with Gasteiger partial charge in [0.25, 0.3) is 11.5 Å². The zero-order valence-electron chi connectivity index (χ0n) is 13.8. The Bertz CT molecular complexity index is 792. The molecule has 2 heterocycles. The standard InChI is InChI=1S/C18H20N4O3/c23-17(14-22-8-2-1-3-18(22)24)20-19-13-15-4-6-16(7-5-15)21-9-11-25-12-10-21/h1-8,13H,9-12,14H2,(H,20,23)/b19-13-. The lowest BCUT2D eigenvalue weighted by atomic mass is 10.2. The highest BCUT2D eigenvalue weighted by atomic mass is 16.5. The summed E-state index contributed by atoms with van der Waals surface area (Å²) in [6, 6.07) is 12.7. The number of benzene rings is 1. The van der Waals surface area contributed by atoms with E-state index in [0.717, 1.165) is 37.6 Å². The summed E-state index contributed by atoms with van der Waals surface area (Å²) in [5.41, 5.74) is 4.24. The Hall–Kier alpha value is -2.93. The maximum atomic E-state index is 11.8. The molecule has 0 radical (unpaired) electrons. The van der Waals surface area contributed by atoms with Crippen molar-refractivity contribution in [2.24, 2.45) is 5.10 Å². The van der Waals surface area contributed by atoms with E-state index in [1.807, 2.05) is 24.3 Å². The van der Waals surface area contributed by atoms with E-state index in [1.165, 1.54) is 10.6 Å². The largest absolute Gasteiger partial charge is 0.378 e. The lowest BCUT2D eigenvalue weighted by Gasteiger charge is -2.28. The molecule has 0 bridgehead atoms. The average Bonchev–Trinajstić information content (AvgIpc) is 2.65. The van der Waals surface area contributed by atoms with Gasteiger partial charge in [0, 0.05) is 31.0 Å². The van der Waals surface area contributed by atoms with Gasteiger partial charge < -0.3 is 14.2 Å². The van der Waals surface area contributed by atoms with Gasteiger partial charge in [0.2, 0.25) is 0 Å². The summed E-state index contributed by atoms with van der Waals surface area (Å²) >= 11 is 0. The van der Waals surface area contributed by atoms with E-state index in [0.29, 0.717) is 0 Å². The molecule has 1 aliphatic heterocycles. The Balaban J connectivity index is 1.52. The van der Waals surface area contributed by atoms with Gasteiger partial charge in [-0.2, -0.15) is 5.10 Å². The number of hydrogen-bond acceptors (Lipinski definition) is 5. The first kappa shape index (κ1) is 16.9. The van der Waals surface area contributed by atoms with Crippen molar-refractivity contribution in [3.8, 4) is 0 Å². The fraction of sp³-hybridized carbons (Fsp3) is 0.278. The number of nitrogens with one attached hydrogen (secondary N) is 1. The molecule has 1 N–H and O–H groups in total. The van der Waals surface area contributed by atoms with Crippen molar-refractivity contribution in [3.63, 3.8) is 0 Å². The van der Waals surface area contributed by atoms with Crippen molar-refractivity contribution in [3.05, 3.63) is 64.6 Å². The molecule has 3 rings (SSSR count). The Morgan fingerprint density at radius 3 is 2.64 bits per heavy atom. The first-order valence-electron chi connectivity index (χ1n) is 8.12. The summed E-state index contributed by atoms with van der Waals surface area (Å²) in [6.07, 6.45) is 3.14. The molecule has 0 atom stereocenters. The van der Waals surface area contributed by atoms with Crippen LogP contribution in [0.3, 0.4) is 0 Å². The minimum absolute atomic E-state index is 0.0625. The van der Waals surface area contributed by atoms with Crippen molar-refractivity contribution >= 4 is 17.8 Å². The lowest BCUT2D eigenvalue weighted by Crippen LogP contribution is -2.36. The molecule has 1 saturated heterocycles.